The van der Waals surface area contributed by atoms with Crippen LogP contribution in [0.3, 0.4) is 0 Å². The number of hydrogen-bond donors (Lipinski definition) is 1. The molecule has 0 aliphatic carbocycles. The number of ether oxygens (including phenoxy) is 1. The zero-order valence-corrected chi connectivity index (χ0v) is 12.1. The largest absolute Gasteiger partial charge is 0.494 e. The van der Waals surface area contributed by atoms with Crippen LogP contribution in [-0.4, -0.2) is 22.2 Å². The lowest BCUT2D eigenvalue weighted by molar-refractivity contribution is -0.137. The fraction of sp³-hybridized carbons (Fsp3) is 0.286. The van der Waals surface area contributed by atoms with Gasteiger partial charge in [-0.1, -0.05) is 11.3 Å². The van der Waals surface area contributed by atoms with Crippen molar-refractivity contribution in [2.24, 2.45) is 0 Å². The number of hydrogen-bond acceptors (Lipinski definition) is 4. The van der Waals surface area contributed by atoms with Crippen molar-refractivity contribution in [3.63, 3.8) is 0 Å². The fourth-order valence-corrected chi connectivity index (χ4v) is 2.88. The molecule has 1 aromatic carbocycles. The molecule has 0 bridgehead atoms. The van der Waals surface area contributed by atoms with Gasteiger partial charge in [-0.3, -0.25) is 14.2 Å². The van der Waals surface area contributed by atoms with Crippen LogP contribution in [0.25, 0.3) is 11.3 Å². The van der Waals surface area contributed by atoms with E-state index in [1.807, 2.05) is 38.1 Å². The third-order valence-electron chi connectivity index (χ3n) is 2.80. The Morgan fingerprint density at radius 3 is 2.55 bits per heavy atom. The lowest BCUT2D eigenvalue weighted by Gasteiger charge is -2.08. The van der Waals surface area contributed by atoms with Gasteiger partial charge < -0.3 is 9.84 Å². The summed E-state index contributed by atoms with van der Waals surface area (Å²) in [5, 5.41) is 8.91. The maximum absolute atomic E-state index is 11.8. The molecule has 6 heteroatoms. The van der Waals surface area contributed by atoms with Crippen LogP contribution in [0.2, 0.25) is 0 Å². The minimum Gasteiger partial charge on any atom is -0.494 e. The summed E-state index contributed by atoms with van der Waals surface area (Å²) in [7, 11) is 0. The van der Waals surface area contributed by atoms with Crippen LogP contribution < -0.4 is 9.61 Å². The molecule has 0 saturated carbocycles. The second kappa shape index (κ2) is 5.92. The maximum Gasteiger partial charge on any atom is 0.323 e. The van der Waals surface area contributed by atoms with E-state index in [-0.39, 0.29) is 11.4 Å². The van der Waals surface area contributed by atoms with E-state index >= 15 is 0 Å². The van der Waals surface area contributed by atoms with Crippen molar-refractivity contribution in [3.8, 4) is 17.0 Å². The van der Waals surface area contributed by atoms with E-state index in [1.165, 1.54) is 4.57 Å². The minimum atomic E-state index is -1.03. The molecule has 2 aromatic rings. The molecule has 106 valence electrons. The monoisotopic (exact) mass is 293 g/mol. The summed E-state index contributed by atoms with van der Waals surface area (Å²) in [6, 6.07) is 7.28. The van der Waals surface area contributed by atoms with Crippen LogP contribution >= 0.6 is 11.3 Å². The quantitative estimate of drug-likeness (QED) is 0.919. The number of carboxylic acids is 1. The predicted molar refractivity (Wildman–Crippen MR) is 77.6 cm³/mol. The summed E-state index contributed by atoms with van der Waals surface area (Å²) in [6.45, 7) is 3.98. The van der Waals surface area contributed by atoms with E-state index < -0.39 is 5.97 Å². The van der Waals surface area contributed by atoms with E-state index in [4.69, 9.17) is 9.84 Å². The van der Waals surface area contributed by atoms with Crippen molar-refractivity contribution < 1.29 is 14.6 Å². The van der Waals surface area contributed by atoms with Crippen LogP contribution in [0, 0.1) is 6.92 Å². The van der Waals surface area contributed by atoms with Crippen LogP contribution in [0.5, 0.6) is 5.75 Å². The fourth-order valence-electron chi connectivity index (χ4n) is 2.03. The van der Waals surface area contributed by atoms with Crippen molar-refractivity contribution in [3.05, 3.63) is 38.8 Å². The number of benzene rings is 1. The zero-order valence-electron chi connectivity index (χ0n) is 11.3. The smallest absolute Gasteiger partial charge is 0.323 e. The van der Waals surface area contributed by atoms with Crippen LogP contribution in [0.4, 0.5) is 0 Å². The highest BCUT2D eigenvalue weighted by atomic mass is 32.1. The standard InChI is InChI=1S/C14H15NO4S/c1-3-19-11-6-4-10(5-7-11)13-9(2)20-14(18)15(13)8-12(16)17/h4-7H,3,8H2,1-2H3,(H,16,17). The van der Waals surface area contributed by atoms with Gasteiger partial charge in [0.05, 0.1) is 12.3 Å². The number of nitrogens with zero attached hydrogens (tertiary/aromatic N) is 1. The Morgan fingerprint density at radius 2 is 2.00 bits per heavy atom. The highest BCUT2D eigenvalue weighted by molar-refractivity contribution is 7.09. The molecular formula is C14H15NO4S. The Kier molecular flexibility index (Phi) is 4.24. The lowest BCUT2D eigenvalue weighted by Crippen LogP contribution is -2.19. The second-order valence-electron chi connectivity index (χ2n) is 4.21. The van der Waals surface area contributed by atoms with E-state index in [9.17, 15) is 9.59 Å². The van der Waals surface area contributed by atoms with Gasteiger partial charge in [-0.2, -0.15) is 0 Å². The lowest BCUT2D eigenvalue weighted by atomic mass is 10.1. The summed E-state index contributed by atoms with van der Waals surface area (Å²) in [5.74, 6) is -0.284. The van der Waals surface area contributed by atoms with E-state index in [1.54, 1.807) is 0 Å². The van der Waals surface area contributed by atoms with E-state index in [2.05, 4.69) is 0 Å². The van der Waals surface area contributed by atoms with Crippen LogP contribution in [-0.2, 0) is 11.3 Å². The molecule has 2 rings (SSSR count). The van der Waals surface area contributed by atoms with Crippen molar-refractivity contribution in [2.75, 3.05) is 6.61 Å². The number of aromatic nitrogens is 1. The highest BCUT2D eigenvalue weighted by Gasteiger charge is 2.15. The topological polar surface area (TPSA) is 68.5 Å². The first-order valence-corrected chi connectivity index (χ1v) is 6.99. The third-order valence-corrected chi connectivity index (χ3v) is 3.69. The van der Waals surface area contributed by atoms with Gasteiger partial charge in [-0.05, 0) is 43.7 Å². The average molecular weight is 293 g/mol. The number of aryl methyl sites for hydroxylation is 1. The molecule has 0 amide bonds. The molecule has 20 heavy (non-hydrogen) atoms. The zero-order chi connectivity index (χ0) is 14.7. The summed E-state index contributed by atoms with van der Waals surface area (Å²) in [6.07, 6.45) is 0. The molecule has 1 N–H and O–H groups in total. The molecule has 0 radical (unpaired) electrons. The minimum absolute atomic E-state index is 0.256. The first-order chi connectivity index (χ1) is 9.52. The van der Waals surface area contributed by atoms with Gasteiger partial charge in [-0.25, -0.2) is 0 Å². The molecule has 1 aromatic heterocycles. The normalized spacial score (nSPS) is 10.5. The molecule has 0 spiro atoms. The van der Waals surface area contributed by atoms with Gasteiger partial charge >= 0.3 is 10.8 Å². The Morgan fingerprint density at radius 1 is 1.35 bits per heavy atom. The van der Waals surface area contributed by atoms with Crippen molar-refractivity contribution in [2.45, 2.75) is 20.4 Å². The van der Waals surface area contributed by atoms with E-state index in [0.29, 0.717) is 12.3 Å². The number of aliphatic carboxylic acids is 1. The van der Waals surface area contributed by atoms with Gasteiger partial charge in [0.2, 0.25) is 0 Å². The van der Waals surface area contributed by atoms with Crippen LogP contribution in [0.1, 0.15) is 11.8 Å². The Balaban J connectivity index is 2.46. The molecule has 1 heterocycles. The first kappa shape index (κ1) is 14.3. The summed E-state index contributed by atoms with van der Waals surface area (Å²) in [5.41, 5.74) is 1.47. The SMILES string of the molecule is CCOc1ccc(-c2c(C)sc(=O)n2CC(=O)O)cc1. The van der Waals surface area contributed by atoms with Gasteiger partial charge in [0.1, 0.15) is 12.3 Å². The number of rotatable bonds is 5. The maximum atomic E-state index is 11.8. The Hall–Kier alpha value is -2.08. The molecular weight excluding hydrogens is 278 g/mol. The Labute approximate surface area is 120 Å². The molecule has 0 unspecified atom stereocenters. The van der Waals surface area contributed by atoms with Gasteiger partial charge in [0.15, 0.2) is 0 Å². The van der Waals surface area contributed by atoms with Crippen LogP contribution in [0.15, 0.2) is 29.1 Å². The Bertz CT molecular complexity index is 669. The third kappa shape index (κ3) is 2.91. The van der Waals surface area contributed by atoms with Crippen molar-refractivity contribution in [1.82, 2.24) is 4.57 Å². The molecule has 5 nitrogen and oxygen atoms in total. The van der Waals surface area contributed by atoms with Gasteiger partial charge in [0.25, 0.3) is 0 Å². The van der Waals surface area contributed by atoms with Gasteiger partial charge in [0, 0.05) is 4.88 Å². The summed E-state index contributed by atoms with van der Waals surface area (Å²) >= 11 is 1.06. The van der Waals surface area contributed by atoms with Gasteiger partial charge in [-0.15, -0.1) is 0 Å². The van der Waals surface area contributed by atoms with Crippen molar-refractivity contribution >= 4 is 17.3 Å². The van der Waals surface area contributed by atoms with E-state index in [0.717, 1.165) is 27.5 Å². The molecule has 0 fully saturated rings. The predicted octanol–water partition coefficient (Wildman–Crippen LogP) is 2.37. The number of carbonyl (C=O) groups is 1. The molecule has 0 atom stereocenters. The molecule has 0 saturated heterocycles. The second-order valence-corrected chi connectivity index (χ2v) is 5.38. The summed E-state index contributed by atoms with van der Waals surface area (Å²) < 4.78 is 6.66. The average Bonchev–Trinajstić information content (AvgIpc) is 2.65. The number of thiazole rings is 1. The van der Waals surface area contributed by atoms with Crippen molar-refractivity contribution in [1.29, 1.82) is 0 Å². The highest BCUT2D eigenvalue weighted by Crippen LogP contribution is 2.27. The first-order valence-electron chi connectivity index (χ1n) is 6.18. The summed E-state index contributed by atoms with van der Waals surface area (Å²) in [4.78, 5) is 23.3. The molecule has 0 aliphatic rings. The number of carboxylic acid groups (broad SMARTS) is 1. The molecule has 0 aliphatic heterocycles.